The number of benzene rings is 1. The van der Waals surface area contributed by atoms with Crippen LogP contribution in [0.1, 0.15) is 23.6 Å². The number of fused-ring (bicyclic) bond motifs is 1. The van der Waals surface area contributed by atoms with Crippen LogP contribution in [-0.2, 0) is 36.0 Å². The molecular weight excluding hydrogens is 304 g/mol. The van der Waals surface area contributed by atoms with Crippen LogP contribution in [-0.4, -0.2) is 39.1 Å². The average molecular weight is 326 g/mol. The lowest BCUT2D eigenvalue weighted by atomic mass is 9.93. The van der Waals surface area contributed by atoms with Crippen molar-refractivity contribution in [3.8, 4) is 0 Å². The van der Waals surface area contributed by atoms with Crippen molar-refractivity contribution in [2.75, 3.05) is 6.54 Å². The van der Waals surface area contributed by atoms with Crippen molar-refractivity contribution >= 4 is 11.8 Å². The van der Waals surface area contributed by atoms with E-state index in [0.29, 0.717) is 19.5 Å². The summed E-state index contributed by atoms with van der Waals surface area (Å²) in [4.78, 5) is 26.2. The molecule has 1 aromatic carbocycles. The zero-order chi connectivity index (χ0) is 17.1. The first-order valence-corrected chi connectivity index (χ1v) is 8.14. The van der Waals surface area contributed by atoms with Crippen molar-refractivity contribution in [3.05, 3.63) is 53.3 Å². The van der Waals surface area contributed by atoms with Crippen LogP contribution in [0, 0.1) is 0 Å². The first-order valence-electron chi connectivity index (χ1n) is 8.14. The molecule has 0 aliphatic carbocycles. The van der Waals surface area contributed by atoms with Gasteiger partial charge in [0.05, 0.1) is 6.20 Å². The SMILES string of the molecule is CC(=O)N1Cc2ccccc2C[C@H]1C(=O)NCCc1cnn(C)c1. The number of carbonyl (C=O) groups is 2. The monoisotopic (exact) mass is 326 g/mol. The van der Waals surface area contributed by atoms with Gasteiger partial charge in [0.15, 0.2) is 0 Å². The fourth-order valence-electron chi connectivity index (χ4n) is 3.14. The number of aryl methyl sites for hydroxylation is 1. The number of nitrogens with one attached hydrogen (secondary N) is 1. The molecule has 3 rings (SSSR count). The summed E-state index contributed by atoms with van der Waals surface area (Å²) in [5.74, 6) is -0.166. The quantitative estimate of drug-likeness (QED) is 0.913. The van der Waals surface area contributed by atoms with E-state index in [-0.39, 0.29) is 11.8 Å². The maximum Gasteiger partial charge on any atom is 0.243 e. The van der Waals surface area contributed by atoms with Crippen molar-refractivity contribution in [3.63, 3.8) is 0 Å². The van der Waals surface area contributed by atoms with Gasteiger partial charge in [-0.2, -0.15) is 5.10 Å². The molecule has 24 heavy (non-hydrogen) atoms. The minimum Gasteiger partial charge on any atom is -0.354 e. The van der Waals surface area contributed by atoms with Gasteiger partial charge in [-0.3, -0.25) is 14.3 Å². The Kier molecular flexibility index (Phi) is 4.64. The van der Waals surface area contributed by atoms with E-state index in [0.717, 1.165) is 23.1 Å². The van der Waals surface area contributed by atoms with Gasteiger partial charge in [0.25, 0.3) is 0 Å². The second kappa shape index (κ2) is 6.86. The normalized spacial score (nSPS) is 16.6. The smallest absolute Gasteiger partial charge is 0.243 e. The van der Waals surface area contributed by atoms with Gasteiger partial charge in [-0.05, 0) is 23.1 Å². The molecular formula is C18H22N4O2. The minimum atomic E-state index is -0.439. The van der Waals surface area contributed by atoms with Gasteiger partial charge in [-0.15, -0.1) is 0 Å². The zero-order valence-electron chi connectivity index (χ0n) is 14.0. The number of hydrogen-bond donors (Lipinski definition) is 1. The summed E-state index contributed by atoms with van der Waals surface area (Å²) in [6.07, 6.45) is 5.02. The third kappa shape index (κ3) is 3.48. The second-order valence-corrected chi connectivity index (χ2v) is 6.20. The van der Waals surface area contributed by atoms with E-state index in [1.165, 1.54) is 6.92 Å². The highest BCUT2D eigenvalue weighted by Gasteiger charge is 2.32. The maximum absolute atomic E-state index is 12.6. The van der Waals surface area contributed by atoms with Crippen LogP contribution >= 0.6 is 0 Å². The van der Waals surface area contributed by atoms with Crippen LogP contribution < -0.4 is 5.32 Å². The molecule has 0 spiro atoms. The predicted octanol–water partition coefficient (Wildman–Crippen LogP) is 1.05. The molecule has 0 unspecified atom stereocenters. The Morgan fingerprint density at radius 1 is 1.29 bits per heavy atom. The van der Waals surface area contributed by atoms with Gasteiger partial charge in [0.1, 0.15) is 6.04 Å². The average Bonchev–Trinajstić information content (AvgIpc) is 2.98. The Morgan fingerprint density at radius 2 is 2.04 bits per heavy atom. The molecule has 6 nitrogen and oxygen atoms in total. The summed E-state index contributed by atoms with van der Waals surface area (Å²) >= 11 is 0. The summed E-state index contributed by atoms with van der Waals surface area (Å²) in [6.45, 7) is 2.55. The van der Waals surface area contributed by atoms with Crippen LogP contribution in [0.4, 0.5) is 0 Å². The summed E-state index contributed by atoms with van der Waals surface area (Å²) in [7, 11) is 1.87. The van der Waals surface area contributed by atoms with E-state index in [1.807, 2.05) is 37.5 Å². The van der Waals surface area contributed by atoms with Gasteiger partial charge in [0.2, 0.25) is 11.8 Å². The van der Waals surface area contributed by atoms with Crippen LogP contribution in [0.2, 0.25) is 0 Å². The van der Waals surface area contributed by atoms with Crippen LogP contribution in [0.3, 0.4) is 0 Å². The number of amides is 2. The first-order chi connectivity index (χ1) is 11.5. The molecule has 2 amide bonds. The first kappa shape index (κ1) is 16.2. The van der Waals surface area contributed by atoms with Gasteiger partial charge >= 0.3 is 0 Å². The highest BCUT2D eigenvalue weighted by Crippen LogP contribution is 2.23. The topological polar surface area (TPSA) is 67.2 Å². The highest BCUT2D eigenvalue weighted by atomic mass is 16.2. The number of carbonyl (C=O) groups excluding carboxylic acids is 2. The van der Waals surface area contributed by atoms with Crippen molar-refractivity contribution in [2.24, 2.45) is 7.05 Å². The molecule has 1 aliphatic rings. The maximum atomic E-state index is 12.6. The number of nitrogens with zero attached hydrogens (tertiary/aromatic N) is 3. The third-order valence-corrected chi connectivity index (χ3v) is 4.43. The molecule has 2 aromatic rings. The Labute approximate surface area is 141 Å². The summed E-state index contributed by atoms with van der Waals surface area (Å²) in [5.41, 5.74) is 3.34. The Morgan fingerprint density at radius 3 is 2.71 bits per heavy atom. The van der Waals surface area contributed by atoms with E-state index in [1.54, 1.807) is 15.8 Å². The van der Waals surface area contributed by atoms with E-state index >= 15 is 0 Å². The van der Waals surface area contributed by atoms with Crippen LogP contribution in [0.25, 0.3) is 0 Å². The fourth-order valence-corrected chi connectivity index (χ4v) is 3.14. The van der Waals surface area contributed by atoms with Gasteiger partial charge in [-0.25, -0.2) is 0 Å². The summed E-state index contributed by atoms with van der Waals surface area (Å²) < 4.78 is 1.74. The molecule has 2 heterocycles. The van der Waals surface area contributed by atoms with E-state index in [4.69, 9.17) is 0 Å². The van der Waals surface area contributed by atoms with Crippen molar-refractivity contribution in [1.82, 2.24) is 20.0 Å². The summed E-state index contributed by atoms with van der Waals surface area (Å²) in [6, 6.07) is 7.54. The van der Waals surface area contributed by atoms with Crippen molar-refractivity contribution < 1.29 is 9.59 Å². The molecule has 0 fully saturated rings. The molecule has 126 valence electrons. The van der Waals surface area contributed by atoms with Gasteiger partial charge in [-0.1, -0.05) is 24.3 Å². The third-order valence-electron chi connectivity index (χ3n) is 4.43. The molecule has 0 radical (unpaired) electrons. The fraction of sp³-hybridized carbons (Fsp3) is 0.389. The summed E-state index contributed by atoms with van der Waals surface area (Å²) in [5, 5.41) is 7.07. The van der Waals surface area contributed by atoms with Gasteiger partial charge < -0.3 is 10.2 Å². The molecule has 1 atom stereocenters. The Bertz CT molecular complexity index is 753. The molecule has 0 bridgehead atoms. The van der Waals surface area contributed by atoms with Crippen LogP contribution in [0.5, 0.6) is 0 Å². The lowest BCUT2D eigenvalue weighted by Gasteiger charge is -2.35. The number of hydrogen-bond acceptors (Lipinski definition) is 3. The lowest BCUT2D eigenvalue weighted by Crippen LogP contribution is -2.52. The minimum absolute atomic E-state index is 0.0723. The highest BCUT2D eigenvalue weighted by molar-refractivity contribution is 5.87. The second-order valence-electron chi connectivity index (χ2n) is 6.20. The molecule has 6 heteroatoms. The molecule has 1 aliphatic heterocycles. The van der Waals surface area contributed by atoms with E-state index in [9.17, 15) is 9.59 Å². The molecule has 1 N–H and O–H groups in total. The predicted molar refractivity (Wildman–Crippen MR) is 90.1 cm³/mol. The van der Waals surface area contributed by atoms with Gasteiger partial charge in [0, 0.05) is 39.7 Å². The van der Waals surface area contributed by atoms with Crippen LogP contribution in [0.15, 0.2) is 36.7 Å². The Hall–Kier alpha value is -2.63. The van der Waals surface area contributed by atoms with Crippen molar-refractivity contribution in [1.29, 1.82) is 0 Å². The van der Waals surface area contributed by atoms with E-state index in [2.05, 4.69) is 10.4 Å². The molecule has 1 aromatic heterocycles. The molecule has 0 saturated heterocycles. The number of rotatable bonds is 4. The van der Waals surface area contributed by atoms with Crippen molar-refractivity contribution in [2.45, 2.75) is 32.4 Å². The molecule has 0 saturated carbocycles. The largest absolute Gasteiger partial charge is 0.354 e. The number of aromatic nitrogens is 2. The zero-order valence-corrected chi connectivity index (χ0v) is 14.0. The standard InChI is InChI=1S/C18H22N4O2/c1-13(23)22-12-16-6-4-3-5-15(16)9-17(22)18(24)19-8-7-14-10-20-21(2)11-14/h3-6,10-11,17H,7-9,12H2,1-2H3,(H,19,24)/t17-/m0/s1. The Balaban J connectivity index is 1.64. The lowest BCUT2D eigenvalue weighted by molar-refractivity contribution is -0.140. The van der Waals surface area contributed by atoms with E-state index < -0.39 is 6.04 Å².